The van der Waals surface area contributed by atoms with Gasteiger partial charge in [0.1, 0.15) is 12.4 Å². The molecule has 0 amide bonds. The first-order valence-electron chi connectivity index (χ1n) is 6.01. The smallest absolute Gasteiger partial charge is 0.349 e. The Labute approximate surface area is 115 Å². The number of aromatic nitrogens is 1. The highest BCUT2D eigenvalue weighted by Crippen LogP contribution is 2.30. The van der Waals surface area contributed by atoms with Crippen LogP contribution in [0.15, 0.2) is 24.3 Å². The highest BCUT2D eigenvalue weighted by Gasteiger charge is 2.16. The van der Waals surface area contributed by atoms with Gasteiger partial charge in [0.2, 0.25) is 0 Å². The van der Waals surface area contributed by atoms with E-state index in [9.17, 15) is 4.79 Å². The van der Waals surface area contributed by atoms with Crippen LogP contribution in [-0.2, 0) is 13.0 Å². The van der Waals surface area contributed by atoms with E-state index in [1.807, 2.05) is 32.0 Å². The molecular weight excluding hydrogens is 262 g/mol. The van der Waals surface area contributed by atoms with Crippen LogP contribution in [0.2, 0.25) is 0 Å². The zero-order valence-electron chi connectivity index (χ0n) is 10.8. The first-order chi connectivity index (χ1) is 9.10. The molecule has 0 bridgehead atoms. The number of hydrogen-bond donors (Lipinski definition) is 1. The average Bonchev–Trinajstić information content (AvgIpc) is 2.80. The molecule has 2 heterocycles. The number of hydrogen-bond acceptors (Lipinski definition) is 4. The maximum Gasteiger partial charge on any atom is 0.349 e. The van der Waals surface area contributed by atoms with E-state index in [4.69, 9.17) is 9.84 Å². The molecule has 0 saturated carbocycles. The lowest BCUT2D eigenvalue weighted by molar-refractivity contribution is 0.0697. The van der Waals surface area contributed by atoms with Crippen LogP contribution in [0.1, 0.15) is 32.9 Å². The largest absolute Gasteiger partial charge is 0.485 e. The molecular formula is C14H15NO3S. The molecule has 2 aromatic rings. The molecule has 0 fully saturated rings. The first kappa shape index (κ1) is 13.5. The molecule has 0 saturated heterocycles. The standard InChI is InChI=1S/C14H15NO3S/c1-3-11-7-12(13(19-11)14(16)17)18-8-10-6-4-5-9(2)15-10/h4-7H,3,8H2,1-2H3,(H,16,17). The molecule has 0 radical (unpaired) electrons. The number of ether oxygens (including phenoxy) is 1. The van der Waals surface area contributed by atoms with Gasteiger partial charge in [-0.2, -0.15) is 0 Å². The van der Waals surface area contributed by atoms with Gasteiger partial charge < -0.3 is 9.84 Å². The van der Waals surface area contributed by atoms with Crippen LogP contribution in [-0.4, -0.2) is 16.1 Å². The third-order valence-corrected chi connectivity index (χ3v) is 3.86. The van der Waals surface area contributed by atoms with Gasteiger partial charge in [-0.05, 0) is 31.5 Å². The summed E-state index contributed by atoms with van der Waals surface area (Å²) in [5.41, 5.74) is 1.71. The van der Waals surface area contributed by atoms with Gasteiger partial charge in [-0.1, -0.05) is 13.0 Å². The summed E-state index contributed by atoms with van der Waals surface area (Å²) in [7, 11) is 0. The Kier molecular flexibility index (Phi) is 4.16. The first-order valence-corrected chi connectivity index (χ1v) is 6.83. The summed E-state index contributed by atoms with van der Waals surface area (Å²) < 4.78 is 5.59. The molecule has 2 rings (SSSR count). The molecule has 0 aliphatic carbocycles. The fraction of sp³-hybridized carbons (Fsp3) is 0.286. The second kappa shape index (κ2) is 5.84. The molecule has 19 heavy (non-hydrogen) atoms. The van der Waals surface area contributed by atoms with Gasteiger partial charge in [0.05, 0.1) is 5.69 Å². The van der Waals surface area contributed by atoms with E-state index in [-0.39, 0.29) is 11.5 Å². The van der Waals surface area contributed by atoms with Crippen molar-refractivity contribution in [1.82, 2.24) is 4.98 Å². The van der Waals surface area contributed by atoms with E-state index in [2.05, 4.69) is 4.98 Å². The van der Waals surface area contributed by atoms with Crippen LogP contribution in [0.3, 0.4) is 0 Å². The number of carboxylic acids is 1. The molecule has 2 aromatic heterocycles. The van der Waals surface area contributed by atoms with Gasteiger partial charge >= 0.3 is 5.97 Å². The van der Waals surface area contributed by atoms with Crippen molar-refractivity contribution in [3.05, 3.63) is 45.4 Å². The third kappa shape index (κ3) is 3.32. The summed E-state index contributed by atoms with van der Waals surface area (Å²) in [5.74, 6) is -0.519. The van der Waals surface area contributed by atoms with E-state index in [1.165, 1.54) is 11.3 Å². The van der Waals surface area contributed by atoms with Gasteiger partial charge in [-0.3, -0.25) is 4.98 Å². The molecule has 0 aliphatic rings. The number of pyridine rings is 1. The molecule has 0 unspecified atom stereocenters. The minimum atomic E-state index is -0.947. The van der Waals surface area contributed by atoms with E-state index in [1.54, 1.807) is 6.07 Å². The fourth-order valence-corrected chi connectivity index (χ4v) is 2.56. The average molecular weight is 277 g/mol. The van der Waals surface area contributed by atoms with Gasteiger partial charge in [-0.25, -0.2) is 4.79 Å². The molecule has 0 atom stereocenters. The lowest BCUT2D eigenvalue weighted by Gasteiger charge is -2.05. The van der Waals surface area contributed by atoms with Gasteiger partial charge in [0, 0.05) is 10.6 Å². The van der Waals surface area contributed by atoms with E-state index in [0.29, 0.717) is 5.75 Å². The predicted molar refractivity (Wildman–Crippen MR) is 74.0 cm³/mol. The molecule has 0 spiro atoms. The molecule has 0 aliphatic heterocycles. The second-order valence-electron chi connectivity index (χ2n) is 4.12. The van der Waals surface area contributed by atoms with Crippen molar-refractivity contribution in [2.45, 2.75) is 26.9 Å². The number of rotatable bonds is 5. The van der Waals surface area contributed by atoms with Gasteiger partial charge in [0.15, 0.2) is 4.88 Å². The van der Waals surface area contributed by atoms with Crippen molar-refractivity contribution in [2.75, 3.05) is 0 Å². The number of aromatic carboxylic acids is 1. The Bertz CT molecular complexity index is 592. The highest BCUT2D eigenvalue weighted by atomic mass is 32.1. The van der Waals surface area contributed by atoms with Crippen LogP contribution >= 0.6 is 11.3 Å². The summed E-state index contributed by atoms with van der Waals surface area (Å²) in [4.78, 5) is 16.7. The Hall–Kier alpha value is -1.88. The zero-order valence-corrected chi connectivity index (χ0v) is 11.7. The Morgan fingerprint density at radius 3 is 2.89 bits per heavy atom. The number of carboxylic acid groups (broad SMARTS) is 1. The van der Waals surface area contributed by atoms with Gasteiger partial charge in [-0.15, -0.1) is 11.3 Å². The fourth-order valence-electron chi connectivity index (χ4n) is 1.68. The number of carbonyl (C=O) groups is 1. The number of aryl methyl sites for hydroxylation is 2. The second-order valence-corrected chi connectivity index (χ2v) is 5.26. The minimum Gasteiger partial charge on any atom is -0.485 e. The SMILES string of the molecule is CCc1cc(OCc2cccc(C)n2)c(C(=O)O)s1. The van der Waals surface area contributed by atoms with Gasteiger partial charge in [0.25, 0.3) is 0 Å². The van der Waals surface area contributed by atoms with Crippen LogP contribution in [0.5, 0.6) is 5.75 Å². The van der Waals surface area contributed by atoms with E-state index < -0.39 is 5.97 Å². The lowest BCUT2D eigenvalue weighted by Crippen LogP contribution is -2.02. The normalized spacial score (nSPS) is 10.4. The summed E-state index contributed by atoms with van der Waals surface area (Å²) in [6, 6.07) is 7.47. The Balaban J connectivity index is 2.14. The quantitative estimate of drug-likeness (QED) is 0.911. The summed E-state index contributed by atoms with van der Waals surface area (Å²) in [5, 5.41) is 9.13. The van der Waals surface area contributed by atoms with E-state index in [0.717, 1.165) is 22.7 Å². The number of nitrogens with zero attached hydrogens (tertiary/aromatic N) is 1. The van der Waals surface area contributed by atoms with Crippen molar-refractivity contribution < 1.29 is 14.6 Å². The maximum atomic E-state index is 11.1. The summed E-state index contributed by atoms with van der Waals surface area (Å²) in [6.07, 6.45) is 0.803. The third-order valence-electron chi connectivity index (χ3n) is 2.61. The van der Waals surface area contributed by atoms with Crippen molar-refractivity contribution in [3.8, 4) is 5.75 Å². The van der Waals surface area contributed by atoms with Crippen LogP contribution in [0, 0.1) is 6.92 Å². The molecule has 5 heteroatoms. The van der Waals surface area contributed by atoms with Crippen LogP contribution in [0.25, 0.3) is 0 Å². The zero-order chi connectivity index (χ0) is 13.8. The maximum absolute atomic E-state index is 11.1. The molecule has 0 aromatic carbocycles. The van der Waals surface area contributed by atoms with Crippen LogP contribution < -0.4 is 4.74 Å². The van der Waals surface area contributed by atoms with E-state index >= 15 is 0 Å². The van der Waals surface area contributed by atoms with Crippen molar-refractivity contribution in [2.24, 2.45) is 0 Å². The topological polar surface area (TPSA) is 59.4 Å². The molecule has 1 N–H and O–H groups in total. The lowest BCUT2D eigenvalue weighted by atomic mass is 10.3. The number of thiophene rings is 1. The Morgan fingerprint density at radius 1 is 1.47 bits per heavy atom. The highest BCUT2D eigenvalue weighted by molar-refractivity contribution is 7.14. The van der Waals surface area contributed by atoms with Crippen molar-refractivity contribution in [3.63, 3.8) is 0 Å². The van der Waals surface area contributed by atoms with Crippen LogP contribution in [0.4, 0.5) is 0 Å². The molecule has 100 valence electrons. The summed E-state index contributed by atoms with van der Waals surface area (Å²) >= 11 is 1.26. The minimum absolute atomic E-state index is 0.254. The summed E-state index contributed by atoms with van der Waals surface area (Å²) in [6.45, 7) is 4.18. The monoisotopic (exact) mass is 277 g/mol. The predicted octanol–water partition coefficient (Wildman–Crippen LogP) is 3.29. The van der Waals surface area contributed by atoms with Crippen molar-refractivity contribution in [1.29, 1.82) is 0 Å². The van der Waals surface area contributed by atoms with Crippen molar-refractivity contribution >= 4 is 17.3 Å². The Morgan fingerprint density at radius 2 is 2.26 bits per heavy atom. The molecule has 4 nitrogen and oxygen atoms in total.